The Morgan fingerprint density at radius 1 is 1.33 bits per heavy atom. The Morgan fingerprint density at radius 3 is 2.39 bits per heavy atom. The van der Waals surface area contributed by atoms with Gasteiger partial charge in [0.2, 0.25) is 0 Å². The number of nitrogens with zero attached hydrogens (tertiary/aromatic N) is 1. The molecule has 0 spiro atoms. The van der Waals surface area contributed by atoms with Gasteiger partial charge in [0.15, 0.2) is 0 Å². The van der Waals surface area contributed by atoms with Crippen LogP contribution in [0.1, 0.15) is 32.4 Å². The molecule has 0 aliphatic heterocycles. The molecule has 0 fully saturated rings. The van der Waals surface area contributed by atoms with Gasteiger partial charge in [-0.3, -0.25) is 4.90 Å². The van der Waals surface area contributed by atoms with E-state index in [0.29, 0.717) is 18.5 Å². The van der Waals surface area contributed by atoms with Gasteiger partial charge in [-0.25, -0.2) is 0 Å². The summed E-state index contributed by atoms with van der Waals surface area (Å²) in [5.41, 5.74) is 7.10. The summed E-state index contributed by atoms with van der Waals surface area (Å²) in [5.74, 6) is 0.593. The topological polar surface area (TPSA) is 29.3 Å². The van der Waals surface area contributed by atoms with Gasteiger partial charge < -0.3 is 5.73 Å². The molecule has 0 aliphatic carbocycles. The second kappa shape index (κ2) is 6.90. The van der Waals surface area contributed by atoms with Crippen LogP contribution in [0.3, 0.4) is 0 Å². The van der Waals surface area contributed by atoms with Gasteiger partial charge in [0.1, 0.15) is 0 Å². The fraction of sp³-hybridized carbons (Fsp3) is 0.571. The molecule has 0 amide bonds. The minimum atomic E-state index is 0.202. The van der Waals surface area contributed by atoms with Crippen molar-refractivity contribution < 1.29 is 0 Å². The molecule has 1 rings (SSSR count). The fourth-order valence-corrected chi connectivity index (χ4v) is 2.45. The molecule has 0 aliphatic rings. The van der Waals surface area contributed by atoms with Crippen LogP contribution in [0, 0.1) is 5.92 Å². The molecule has 102 valence electrons. The van der Waals surface area contributed by atoms with Crippen LogP contribution < -0.4 is 5.73 Å². The van der Waals surface area contributed by atoms with Crippen LogP contribution in [0.5, 0.6) is 0 Å². The van der Waals surface area contributed by atoms with Crippen molar-refractivity contribution in [1.29, 1.82) is 0 Å². The highest BCUT2D eigenvalue weighted by Crippen LogP contribution is 2.29. The van der Waals surface area contributed by atoms with Gasteiger partial charge in [-0.05, 0) is 53.5 Å². The van der Waals surface area contributed by atoms with Gasteiger partial charge in [-0.2, -0.15) is 0 Å². The zero-order chi connectivity index (χ0) is 13.9. The van der Waals surface area contributed by atoms with Crippen LogP contribution in [-0.4, -0.2) is 24.5 Å². The first-order valence-electron chi connectivity index (χ1n) is 6.25. The summed E-state index contributed by atoms with van der Waals surface area (Å²) in [7, 11) is 2.12. The largest absolute Gasteiger partial charge is 0.329 e. The lowest BCUT2D eigenvalue weighted by Crippen LogP contribution is -2.39. The van der Waals surface area contributed by atoms with E-state index >= 15 is 0 Å². The SMILES string of the molecule is CC(C)C(C)N(C)C(CN)c1ccc(Br)c(Cl)c1. The zero-order valence-corrected chi connectivity index (χ0v) is 13.8. The quantitative estimate of drug-likeness (QED) is 0.880. The van der Waals surface area contributed by atoms with E-state index in [1.807, 2.05) is 12.1 Å². The molecule has 0 aromatic heterocycles. The van der Waals surface area contributed by atoms with Gasteiger partial charge in [-0.15, -0.1) is 0 Å². The molecule has 0 saturated heterocycles. The van der Waals surface area contributed by atoms with Crippen LogP contribution in [0.25, 0.3) is 0 Å². The van der Waals surface area contributed by atoms with E-state index in [1.54, 1.807) is 0 Å². The molecule has 1 aromatic carbocycles. The van der Waals surface area contributed by atoms with Crippen molar-refractivity contribution in [1.82, 2.24) is 4.90 Å². The Bertz CT molecular complexity index is 395. The minimum absolute atomic E-state index is 0.202. The lowest BCUT2D eigenvalue weighted by atomic mass is 9.99. The van der Waals surface area contributed by atoms with E-state index in [0.717, 1.165) is 9.50 Å². The number of hydrogen-bond donors (Lipinski definition) is 1. The highest BCUT2D eigenvalue weighted by atomic mass is 79.9. The van der Waals surface area contributed by atoms with Gasteiger partial charge in [-0.1, -0.05) is 31.5 Å². The number of rotatable bonds is 5. The van der Waals surface area contributed by atoms with E-state index in [-0.39, 0.29) is 6.04 Å². The van der Waals surface area contributed by atoms with Crippen molar-refractivity contribution >= 4 is 27.5 Å². The minimum Gasteiger partial charge on any atom is -0.329 e. The van der Waals surface area contributed by atoms with Crippen molar-refractivity contribution in [3.05, 3.63) is 33.3 Å². The number of hydrogen-bond acceptors (Lipinski definition) is 2. The lowest BCUT2D eigenvalue weighted by molar-refractivity contribution is 0.152. The molecule has 1 aromatic rings. The third kappa shape index (κ3) is 3.70. The van der Waals surface area contributed by atoms with E-state index in [9.17, 15) is 0 Å². The van der Waals surface area contributed by atoms with Crippen LogP contribution >= 0.6 is 27.5 Å². The molecule has 2 N–H and O–H groups in total. The molecule has 0 saturated carbocycles. The maximum absolute atomic E-state index is 6.16. The summed E-state index contributed by atoms with van der Waals surface area (Å²) in [6.07, 6.45) is 0. The first-order valence-corrected chi connectivity index (χ1v) is 7.42. The Kier molecular flexibility index (Phi) is 6.12. The molecule has 18 heavy (non-hydrogen) atoms. The molecular formula is C14H22BrClN2. The number of nitrogens with two attached hydrogens (primary N) is 1. The maximum Gasteiger partial charge on any atom is 0.0551 e. The molecule has 4 heteroatoms. The second-order valence-corrected chi connectivity index (χ2v) is 6.34. The highest BCUT2D eigenvalue weighted by molar-refractivity contribution is 9.10. The predicted molar refractivity (Wildman–Crippen MR) is 83.0 cm³/mol. The normalized spacial score (nSPS) is 15.2. The number of benzene rings is 1. The van der Waals surface area contributed by atoms with Gasteiger partial charge >= 0.3 is 0 Å². The number of likely N-dealkylation sites (N-methyl/N-ethyl adjacent to an activating group) is 1. The van der Waals surface area contributed by atoms with Crippen molar-refractivity contribution in [2.45, 2.75) is 32.9 Å². The standard InChI is InChI=1S/C14H22BrClN2/c1-9(2)10(3)18(4)14(8-17)11-5-6-12(15)13(16)7-11/h5-7,9-10,14H,8,17H2,1-4H3. The lowest BCUT2D eigenvalue weighted by Gasteiger charge is -2.35. The predicted octanol–water partition coefficient (Wildman–Crippen LogP) is 4.08. The monoisotopic (exact) mass is 332 g/mol. The number of halogens is 2. The van der Waals surface area contributed by atoms with Crippen molar-refractivity contribution in [2.75, 3.05) is 13.6 Å². The van der Waals surface area contributed by atoms with E-state index < -0.39 is 0 Å². The molecular weight excluding hydrogens is 312 g/mol. The van der Waals surface area contributed by atoms with E-state index in [1.165, 1.54) is 5.56 Å². The summed E-state index contributed by atoms with van der Waals surface area (Å²) >= 11 is 9.57. The third-order valence-electron chi connectivity index (χ3n) is 3.65. The second-order valence-electron chi connectivity index (χ2n) is 5.08. The summed E-state index contributed by atoms with van der Waals surface area (Å²) in [5, 5.41) is 0.733. The Hall–Kier alpha value is -0.0900. The summed E-state index contributed by atoms with van der Waals surface area (Å²) in [6.45, 7) is 7.27. The Morgan fingerprint density at radius 2 is 1.94 bits per heavy atom. The summed E-state index contributed by atoms with van der Waals surface area (Å²) in [4.78, 5) is 2.32. The van der Waals surface area contributed by atoms with Gasteiger partial charge in [0.25, 0.3) is 0 Å². The average molecular weight is 334 g/mol. The summed E-state index contributed by atoms with van der Waals surface area (Å²) in [6, 6.07) is 6.73. The smallest absolute Gasteiger partial charge is 0.0551 e. The molecule has 0 bridgehead atoms. The van der Waals surface area contributed by atoms with Gasteiger partial charge in [0.05, 0.1) is 5.02 Å². The first kappa shape index (κ1) is 16.0. The molecule has 2 atom stereocenters. The van der Waals surface area contributed by atoms with Crippen LogP contribution in [0.15, 0.2) is 22.7 Å². The Labute approximate surface area is 124 Å². The van der Waals surface area contributed by atoms with Crippen LogP contribution in [-0.2, 0) is 0 Å². The Balaban J connectivity index is 2.98. The van der Waals surface area contributed by atoms with Gasteiger partial charge in [0, 0.05) is 23.1 Å². The van der Waals surface area contributed by atoms with Crippen molar-refractivity contribution in [2.24, 2.45) is 11.7 Å². The molecule has 2 unspecified atom stereocenters. The van der Waals surface area contributed by atoms with E-state index in [4.69, 9.17) is 17.3 Å². The molecule has 2 nitrogen and oxygen atoms in total. The zero-order valence-electron chi connectivity index (χ0n) is 11.5. The van der Waals surface area contributed by atoms with Crippen molar-refractivity contribution in [3.63, 3.8) is 0 Å². The summed E-state index contributed by atoms with van der Waals surface area (Å²) < 4.78 is 0.920. The third-order valence-corrected chi connectivity index (χ3v) is 4.88. The highest BCUT2D eigenvalue weighted by Gasteiger charge is 2.22. The van der Waals surface area contributed by atoms with Crippen LogP contribution in [0.4, 0.5) is 0 Å². The maximum atomic E-state index is 6.16. The van der Waals surface area contributed by atoms with E-state index in [2.05, 4.69) is 54.7 Å². The van der Waals surface area contributed by atoms with Crippen LogP contribution in [0.2, 0.25) is 5.02 Å². The molecule has 0 radical (unpaired) electrons. The first-order chi connectivity index (χ1) is 8.38. The fourth-order valence-electron chi connectivity index (χ4n) is 2.01. The van der Waals surface area contributed by atoms with Crippen molar-refractivity contribution in [3.8, 4) is 0 Å². The molecule has 0 heterocycles. The average Bonchev–Trinajstić information content (AvgIpc) is 2.33.